The van der Waals surface area contributed by atoms with Crippen molar-refractivity contribution in [2.75, 3.05) is 0 Å². The number of aromatic hydroxyl groups is 1. The standard InChI is InChI=1S/C12H7F4N3O/c1-19-10(13)4-9(18-19)7-2-6(5-17)3-8(11(7)20)12(14,15)16/h2-4,20H,1H3. The topological polar surface area (TPSA) is 61.8 Å². The molecule has 0 saturated heterocycles. The van der Waals surface area contributed by atoms with Gasteiger partial charge in [0.15, 0.2) is 0 Å². The first-order valence-corrected chi connectivity index (χ1v) is 5.28. The fourth-order valence-corrected chi connectivity index (χ4v) is 1.69. The van der Waals surface area contributed by atoms with Gasteiger partial charge in [-0.2, -0.15) is 27.9 Å². The van der Waals surface area contributed by atoms with Crippen LogP contribution in [0.1, 0.15) is 11.1 Å². The average molecular weight is 285 g/mol. The van der Waals surface area contributed by atoms with Crippen LogP contribution in [0.2, 0.25) is 0 Å². The number of aryl methyl sites for hydroxylation is 1. The second kappa shape index (κ2) is 4.52. The molecule has 1 N–H and O–H groups in total. The molecule has 20 heavy (non-hydrogen) atoms. The number of alkyl halides is 3. The monoisotopic (exact) mass is 285 g/mol. The van der Waals surface area contributed by atoms with Gasteiger partial charge >= 0.3 is 6.18 Å². The zero-order chi connectivity index (χ0) is 15.1. The Bertz CT molecular complexity index is 693. The summed E-state index contributed by atoms with van der Waals surface area (Å²) in [6.07, 6.45) is -4.83. The molecule has 1 aromatic heterocycles. The van der Waals surface area contributed by atoms with Gasteiger partial charge in [0, 0.05) is 18.7 Å². The number of hydrogen-bond donors (Lipinski definition) is 1. The quantitative estimate of drug-likeness (QED) is 0.819. The van der Waals surface area contributed by atoms with Gasteiger partial charge < -0.3 is 5.11 Å². The Kier molecular flexibility index (Phi) is 3.13. The molecule has 0 atom stereocenters. The summed E-state index contributed by atoms with van der Waals surface area (Å²) in [6, 6.07) is 3.98. The van der Waals surface area contributed by atoms with Crippen molar-refractivity contribution in [3.63, 3.8) is 0 Å². The minimum Gasteiger partial charge on any atom is -0.507 e. The molecule has 1 aromatic carbocycles. The first-order chi connectivity index (χ1) is 9.24. The van der Waals surface area contributed by atoms with Crippen molar-refractivity contribution in [1.29, 1.82) is 5.26 Å². The Morgan fingerprint density at radius 3 is 2.40 bits per heavy atom. The number of rotatable bonds is 1. The summed E-state index contributed by atoms with van der Waals surface area (Å²) < 4.78 is 52.3. The van der Waals surface area contributed by atoms with Crippen LogP contribution in [0.25, 0.3) is 11.3 Å². The van der Waals surface area contributed by atoms with E-state index in [1.807, 2.05) is 0 Å². The van der Waals surface area contributed by atoms with Crippen LogP contribution >= 0.6 is 0 Å². The average Bonchev–Trinajstić information content (AvgIpc) is 2.68. The lowest BCUT2D eigenvalue weighted by Gasteiger charge is -2.12. The summed E-state index contributed by atoms with van der Waals surface area (Å²) in [6.45, 7) is 0. The zero-order valence-electron chi connectivity index (χ0n) is 10.0. The second-order valence-corrected chi connectivity index (χ2v) is 4.01. The molecule has 1 heterocycles. The molecule has 104 valence electrons. The SMILES string of the molecule is Cn1nc(-c2cc(C#N)cc(C(F)(F)F)c2O)cc1F. The lowest BCUT2D eigenvalue weighted by molar-refractivity contribution is -0.138. The largest absolute Gasteiger partial charge is 0.507 e. The fourth-order valence-electron chi connectivity index (χ4n) is 1.69. The van der Waals surface area contributed by atoms with Crippen molar-refractivity contribution in [3.8, 4) is 23.1 Å². The number of aromatic nitrogens is 2. The number of benzene rings is 1. The zero-order valence-corrected chi connectivity index (χ0v) is 10.0. The number of nitriles is 1. The Labute approximate surface area is 110 Å². The van der Waals surface area contributed by atoms with E-state index in [1.54, 1.807) is 6.07 Å². The summed E-state index contributed by atoms with van der Waals surface area (Å²) in [5.74, 6) is -1.87. The normalized spacial score (nSPS) is 11.4. The van der Waals surface area contributed by atoms with Crippen molar-refractivity contribution in [2.24, 2.45) is 7.05 Å². The van der Waals surface area contributed by atoms with E-state index in [9.17, 15) is 22.7 Å². The van der Waals surface area contributed by atoms with E-state index in [4.69, 9.17) is 5.26 Å². The molecule has 0 fully saturated rings. The molecule has 0 aliphatic heterocycles. The molecule has 0 aliphatic carbocycles. The predicted molar refractivity (Wildman–Crippen MR) is 60.0 cm³/mol. The summed E-state index contributed by atoms with van der Waals surface area (Å²) in [4.78, 5) is 0. The molecule has 4 nitrogen and oxygen atoms in total. The third kappa shape index (κ3) is 2.30. The highest BCUT2D eigenvalue weighted by molar-refractivity contribution is 5.71. The van der Waals surface area contributed by atoms with Crippen molar-refractivity contribution in [2.45, 2.75) is 6.18 Å². The fraction of sp³-hybridized carbons (Fsp3) is 0.167. The molecular weight excluding hydrogens is 278 g/mol. The van der Waals surface area contributed by atoms with Crippen LogP contribution in [-0.4, -0.2) is 14.9 Å². The van der Waals surface area contributed by atoms with Crippen LogP contribution in [-0.2, 0) is 13.2 Å². The van der Waals surface area contributed by atoms with Gasteiger partial charge in [0.2, 0.25) is 5.95 Å². The third-order valence-corrected chi connectivity index (χ3v) is 2.64. The summed E-state index contributed by atoms with van der Waals surface area (Å²) in [5.41, 5.74) is -2.21. The van der Waals surface area contributed by atoms with E-state index >= 15 is 0 Å². The van der Waals surface area contributed by atoms with Gasteiger partial charge in [-0.25, -0.2) is 4.68 Å². The molecule has 8 heteroatoms. The van der Waals surface area contributed by atoms with Crippen LogP contribution in [0.5, 0.6) is 5.75 Å². The van der Waals surface area contributed by atoms with E-state index in [0.717, 1.165) is 16.8 Å². The van der Waals surface area contributed by atoms with Gasteiger partial charge in [-0.15, -0.1) is 0 Å². The Morgan fingerprint density at radius 2 is 1.95 bits per heavy atom. The van der Waals surface area contributed by atoms with Gasteiger partial charge in [-0.05, 0) is 12.1 Å². The molecule has 0 saturated carbocycles. The van der Waals surface area contributed by atoms with Gasteiger partial charge in [-0.3, -0.25) is 0 Å². The molecule has 0 spiro atoms. The third-order valence-electron chi connectivity index (χ3n) is 2.64. The van der Waals surface area contributed by atoms with Crippen LogP contribution < -0.4 is 0 Å². The van der Waals surface area contributed by atoms with E-state index in [0.29, 0.717) is 6.07 Å². The lowest BCUT2D eigenvalue weighted by atomic mass is 10.0. The highest BCUT2D eigenvalue weighted by Gasteiger charge is 2.36. The van der Waals surface area contributed by atoms with E-state index in [1.165, 1.54) is 7.05 Å². The van der Waals surface area contributed by atoms with Crippen LogP contribution in [0.15, 0.2) is 18.2 Å². The van der Waals surface area contributed by atoms with Crippen LogP contribution in [0.3, 0.4) is 0 Å². The van der Waals surface area contributed by atoms with Crippen molar-refractivity contribution in [1.82, 2.24) is 9.78 Å². The first-order valence-electron chi connectivity index (χ1n) is 5.28. The summed E-state index contributed by atoms with van der Waals surface area (Å²) >= 11 is 0. The maximum Gasteiger partial charge on any atom is 0.420 e. The number of nitrogens with zero attached hydrogens (tertiary/aromatic N) is 3. The number of phenolic OH excluding ortho intramolecular Hbond substituents is 1. The van der Waals surface area contributed by atoms with Crippen molar-refractivity contribution >= 4 is 0 Å². The Balaban J connectivity index is 2.73. The number of hydrogen-bond acceptors (Lipinski definition) is 3. The Hall–Kier alpha value is -2.56. The Morgan fingerprint density at radius 1 is 1.30 bits per heavy atom. The van der Waals surface area contributed by atoms with E-state index in [-0.39, 0.29) is 16.8 Å². The van der Waals surface area contributed by atoms with E-state index in [2.05, 4.69) is 5.10 Å². The van der Waals surface area contributed by atoms with Crippen LogP contribution in [0, 0.1) is 17.3 Å². The van der Waals surface area contributed by atoms with Gasteiger partial charge in [-0.1, -0.05) is 0 Å². The molecule has 0 radical (unpaired) electrons. The smallest absolute Gasteiger partial charge is 0.420 e. The molecule has 0 aliphatic rings. The van der Waals surface area contributed by atoms with Gasteiger partial charge in [0.25, 0.3) is 0 Å². The summed E-state index contributed by atoms with van der Waals surface area (Å²) in [7, 11) is 1.26. The molecule has 2 rings (SSSR count). The number of halogens is 4. The van der Waals surface area contributed by atoms with Crippen molar-refractivity contribution in [3.05, 3.63) is 35.3 Å². The molecule has 0 bridgehead atoms. The highest BCUT2D eigenvalue weighted by atomic mass is 19.4. The predicted octanol–water partition coefficient (Wildman–Crippen LogP) is 2.82. The second-order valence-electron chi connectivity index (χ2n) is 4.01. The molecule has 0 unspecified atom stereocenters. The molecular formula is C12H7F4N3O. The maximum atomic E-state index is 13.2. The minimum atomic E-state index is -4.83. The van der Waals surface area contributed by atoms with E-state index < -0.39 is 23.4 Å². The first kappa shape index (κ1) is 13.9. The van der Waals surface area contributed by atoms with Crippen molar-refractivity contribution < 1.29 is 22.7 Å². The van der Waals surface area contributed by atoms with Gasteiger partial charge in [0.05, 0.1) is 22.9 Å². The molecule has 0 amide bonds. The maximum absolute atomic E-state index is 13.2. The molecule has 2 aromatic rings. The number of phenols is 1. The minimum absolute atomic E-state index is 0.190. The summed E-state index contributed by atoms with van der Waals surface area (Å²) in [5, 5.41) is 22.1. The van der Waals surface area contributed by atoms with Crippen LogP contribution in [0.4, 0.5) is 17.6 Å². The lowest BCUT2D eigenvalue weighted by Crippen LogP contribution is -2.06. The van der Waals surface area contributed by atoms with Gasteiger partial charge in [0.1, 0.15) is 5.75 Å². The highest BCUT2D eigenvalue weighted by Crippen LogP contribution is 2.41.